The van der Waals surface area contributed by atoms with E-state index in [2.05, 4.69) is 31.9 Å². The van der Waals surface area contributed by atoms with Crippen molar-refractivity contribution in [2.45, 2.75) is 102 Å². The molecule has 0 aliphatic rings. The van der Waals surface area contributed by atoms with Gasteiger partial charge in [0.05, 0.1) is 126 Å². The summed E-state index contributed by atoms with van der Waals surface area (Å²) in [6.45, 7) is 7.54. The van der Waals surface area contributed by atoms with E-state index in [0.29, 0.717) is 150 Å². The van der Waals surface area contributed by atoms with Crippen LogP contribution in [0.25, 0.3) is 0 Å². The Labute approximate surface area is 491 Å². The van der Waals surface area contributed by atoms with Crippen molar-refractivity contribution in [2.24, 2.45) is 5.92 Å². The summed E-state index contributed by atoms with van der Waals surface area (Å²) in [4.78, 5) is 88.8. The van der Waals surface area contributed by atoms with Crippen molar-refractivity contribution in [1.29, 1.82) is 0 Å². The second kappa shape index (κ2) is 57.0. The Morgan fingerprint density at radius 3 is 1.18 bits per heavy atom. The lowest BCUT2D eigenvalue weighted by Gasteiger charge is -2.23. The van der Waals surface area contributed by atoms with Crippen LogP contribution >= 0.6 is 6.49 Å². The zero-order valence-electron chi connectivity index (χ0n) is 49.7. The van der Waals surface area contributed by atoms with E-state index in [1.165, 1.54) is 0 Å². The fourth-order valence-electron chi connectivity index (χ4n) is 6.84. The second-order valence-electron chi connectivity index (χ2n) is 18.9. The third kappa shape index (κ3) is 50.2. The quantitative estimate of drug-likeness (QED) is 0.0297. The standard InChI is InChI=1S/C53H103N6O21PS/c1-44(2)81(67,82)80-40-45(39-60)13-6-9-17-54-48(61)16-12-20-57-52(65)46(14-7-10-18-55-49(62)41-77-36-33-74-30-27-71-24-21-68-3)59-53(66)47(58-51(64)43-79-38-35-76-32-29-73-26-23-70-5)15-8-11-19-56-50(63)42-78-37-34-75-31-28-72-25-22-69-4/h44-47,60H,6-43H2,1-5H3,(H,54,61)(H,55,62)(H,56,63)(H,57,65)(H,58,64)(H,59,66)(H,67,82). The largest absolute Gasteiger partial charge is 0.396 e. The number of hydrogen-bond donors (Lipinski definition) is 8. The first-order valence-electron chi connectivity index (χ1n) is 28.6. The average molecular weight is 1220 g/mol. The van der Waals surface area contributed by atoms with Gasteiger partial charge in [0.15, 0.2) is 6.49 Å². The SMILES string of the molecule is COCCOCCOCCOCC(=O)NCCCCC(NC(=O)COCCOCCOCCOC)C(=O)NC(CCCCNC(=O)COCCOCCOCCOC)C(=O)NCCCC(=O)NCCCCC(CO)COP(O)(=S)C(C)C. The van der Waals surface area contributed by atoms with Crippen molar-refractivity contribution >= 4 is 53.7 Å². The molecule has 6 amide bonds. The number of carbonyl (C=O) groups is 6. The van der Waals surface area contributed by atoms with Crippen LogP contribution in [0.4, 0.5) is 0 Å². The van der Waals surface area contributed by atoms with Gasteiger partial charge in [-0.2, -0.15) is 0 Å². The van der Waals surface area contributed by atoms with E-state index >= 15 is 0 Å². The van der Waals surface area contributed by atoms with Crippen molar-refractivity contribution in [3.8, 4) is 0 Å². The van der Waals surface area contributed by atoms with Gasteiger partial charge in [-0.15, -0.1) is 0 Å². The van der Waals surface area contributed by atoms with Crippen molar-refractivity contribution in [2.75, 3.05) is 199 Å². The van der Waals surface area contributed by atoms with Crippen LogP contribution in [0.15, 0.2) is 0 Å². The highest BCUT2D eigenvalue weighted by atomic mass is 32.5. The van der Waals surface area contributed by atoms with E-state index in [-0.39, 0.29) is 128 Å². The van der Waals surface area contributed by atoms with Crippen LogP contribution in [0, 0.1) is 5.92 Å². The molecule has 0 aromatic rings. The predicted molar refractivity (Wildman–Crippen MR) is 308 cm³/mol. The van der Waals surface area contributed by atoms with E-state index in [0.717, 1.165) is 0 Å². The van der Waals surface area contributed by atoms with Gasteiger partial charge in [-0.3, -0.25) is 28.8 Å². The van der Waals surface area contributed by atoms with Gasteiger partial charge in [-0.1, -0.05) is 20.3 Å². The number of methoxy groups -OCH3 is 3. The molecule has 0 fully saturated rings. The van der Waals surface area contributed by atoms with E-state index in [4.69, 9.17) is 73.2 Å². The molecule has 27 nitrogen and oxygen atoms in total. The van der Waals surface area contributed by atoms with Gasteiger partial charge >= 0.3 is 0 Å². The summed E-state index contributed by atoms with van der Waals surface area (Å²) >= 11 is 5.18. The molecule has 4 unspecified atom stereocenters. The second-order valence-corrected chi connectivity index (χ2v) is 22.9. The van der Waals surface area contributed by atoms with Crippen LogP contribution in [0.2, 0.25) is 0 Å². The third-order valence-corrected chi connectivity index (χ3v) is 15.0. The highest BCUT2D eigenvalue weighted by molar-refractivity contribution is 8.09. The summed E-state index contributed by atoms with van der Waals surface area (Å²) in [5.74, 6) is -2.73. The Morgan fingerprint density at radius 2 is 0.780 bits per heavy atom. The van der Waals surface area contributed by atoms with E-state index in [9.17, 15) is 38.8 Å². The van der Waals surface area contributed by atoms with Crippen molar-refractivity contribution in [1.82, 2.24) is 31.9 Å². The molecule has 0 bridgehead atoms. The minimum Gasteiger partial charge on any atom is -0.396 e. The molecule has 0 radical (unpaired) electrons. The van der Waals surface area contributed by atoms with Crippen LogP contribution in [-0.2, 0) is 102 Å². The first-order chi connectivity index (χ1) is 39.7. The average Bonchev–Trinajstić information content (AvgIpc) is 3.46. The molecule has 4 atom stereocenters. The Kier molecular flexibility index (Phi) is 54.8. The zero-order chi connectivity index (χ0) is 60.6. The number of hydrogen-bond acceptors (Lipinski definition) is 21. The normalized spacial score (nSPS) is 13.3. The van der Waals surface area contributed by atoms with E-state index in [1.54, 1.807) is 35.2 Å². The van der Waals surface area contributed by atoms with Crippen LogP contribution in [-0.4, -0.2) is 263 Å². The molecule has 0 saturated heterocycles. The number of aliphatic hydroxyl groups is 1. The predicted octanol–water partition coefficient (Wildman–Crippen LogP) is 0.136. The highest BCUT2D eigenvalue weighted by Gasteiger charge is 2.27. The molecular weight excluding hydrogens is 1120 g/mol. The molecule has 0 aromatic heterocycles. The zero-order valence-corrected chi connectivity index (χ0v) is 51.4. The van der Waals surface area contributed by atoms with Gasteiger partial charge < -0.3 is 103 Å². The third-order valence-electron chi connectivity index (χ3n) is 11.6. The topological polar surface area (TPSA) is 335 Å². The molecule has 0 aliphatic heterocycles. The number of aliphatic hydroxyl groups excluding tert-OH is 1. The monoisotopic (exact) mass is 1220 g/mol. The number of nitrogens with one attached hydrogen (secondary N) is 6. The van der Waals surface area contributed by atoms with Crippen LogP contribution in [0.3, 0.4) is 0 Å². The number of unbranched alkanes of at least 4 members (excludes halogenated alkanes) is 3. The summed E-state index contributed by atoms with van der Waals surface area (Å²) in [6.07, 6.45) is 4.49. The Morgan fingerprint density at radius 1 is 0.427 bits per heavy atom. The van der Waals surface area contributed by atoms with Gasteiger partial charge in [-0.25, -0.2) is 0 Å². The summed E-state index contributed by atoms with van der Waals surface area (Å²) in [5.41, 5.74) is -0.187. The molecule has 0 spiro atoms. The lowest BCUT2D eigenvalue weighted by molar-refractivity contribution is -0.134. The summed E-state index contributed by atoms with van der Waals surface area (Å²) in [5, 5.41) is 26.6. The van der Waals surface area contributed by atoms with Crippen molar-refractivity contribution in [3.63, 3.8) is 0 Å². The lowest BCUT2D eigenvalue weighted by atomic mass is 10.0. The van der Waals surface area contributed by atoms with Gasteiger partial charge in [0.1, 0.15) is 31.9 Å². The molecule has 82 heavy (non-hydrogen) atoms. The van der Waals surface area contributed by atoms with Gasteiger partial charge in [0.2, 0.25) is 35.4 Å². The van der Waals surface area contributed by atoms with Gasteiger partial charge in [-0.05, 0) is 69.6 Å². The molecule has 0 rings (SSSR count). The van der Waals surface area contributed by atoms with Crippen molar-refractivity contribution < 1.29 is 100 Å². The molecule has 0 aromatic carbocycles. The minimum atomic E-state index is -2.92. The van der Waals surface area contributed by atoms with Crippen molar-refractivity contribution in [3.05, 3.63) is 0 Å². The van der Waals surface area contributed by atoms with Gasteiger partial charge in [0.25, 0.3) is 0 Å². The molecule has 0 heterocycles. The maximum Gasteiger partial charge on any atom is 0.246 e. The molecule has 29 heteroatoms. The molecular formula is C53H103N6O21PS. The summed E-state index contributed by atoms with van der Waals surface area (Å²) < 4.78 is 69.0. The summed E-state index contributed by atoms with van der Waals surface area (Å²) in [6, 6.07) is -2.13. The maximum absolute atomic E-state index is 14.0. The van der Waals surface area contributed by atoms with E-state index in [1.807, 2.05) is 0 Å². The van der Waals surface area contributed by atoms with E-state index < -0.39 is 36.3 Å². The Balaban J connectivity index is 5.52. The maximum atomic E-state index is 14.0. The fourth-order valence-corrected chi connectivity index (χ4v) is 7.74. The fraction of sp³-hybridized carbons (Fsp3) is 0.887. The lowest BCUT2D eigenvalue weighted by Crippen LogP contribution is -2.54. The summed E-state index contributed by atoms with van der Waals surface area (Å²) in [7, 11) is 4.77. The van der Waals surface area contributed by atoms with Crippen LogP contribution in [0.5, 0.6) is 0 Å². The Bertz CT molecular complexity index is 1650. The minimum absolute atomic E-state index is 0.104. The molecule has 0 aliphatic carbocycles. The molecule has 482 valence electrons. The van der Waals surface area contributed by atoms with Crippen LogP contribution < -0.4 is 31.9 Å². The smallest absolute Gasteiger partial charge is 0.246 e. The molecule has 0 saturated carbocycles. The van der Waals surface area contributed by atoms with Crippen LogP contribution in [0.1, 0.15) is 84.5 Å². The van der Waals surface area contributed by atoms with Gasteiger partial charge in [0, 0.05) is 72.1 Å². The number of amides is 6. The highest BCUT2D eigenvalue weighted by Crippen LogP contribution is 2.47. The Hall–Kier alpha value is -3.13. The first-order valence-corrected chi connectivity index (χ1v) is 31.4. The number of carbonyl (C=O) groups excluding carboxylic acids is 6. The number of ether oxygens (including phenoxy) is 12. The molecule has 8 N–H and O–H groups in total. The first kappa shape index (κ1) is 78.9. The number of rotatable bonds is 61.